The van der Waals surface area contributed by atoms with Crippen LogP contribution in [0.1, 0.15) is 15.9 Å². The van der Waals surface area contributed by atoms with Gasteiger partial charge in [-0.3, -0.25) is 4.79 Å². The molecular formula is C20H19NO5. The summed E-state index contributed by atoms with van der Waals surface area (Å²) in [7, 11) is 4.50. The monoisotopic (exact) mass is 353 g/mol. The number of rotatable bonds is 8. The zero-order valence-electron chi connectivity index (χ0n) is 14.8. The van der Waals surface area contributed by atoms with E-state index in [1.165, 1.54) is 27.4 Å². The van der Waals surface area contributed by atoms with Crippen molar-refractivity contribution in [2.24, 2.45) is 0 Å². The maximum atomic E-state index is 12.5. The lowest BCUT2D eigenvalue weighted by molar-refractivity contribution is 0.104. The summed E-state index contributed by atoms with van der Waals surface area (Å²) in [6.45, 7) is -0.00515. The molecule has 0 spiro atoms. The fourth-order valence-electron chi connectivity index (χ4n) is 2.28. The van der Waals surface area contributed by atoms with E-state index in [0.717, 1.165) is 5.56 Å². The highest BCUT2D eigenvalue weighted by molar-refractivity contribution is 6.07. The van der Waals surface area contributed by atoms with Crippen LogP contribution >= 0.6 is 0 Å². The summed E-state index contributed by atoms with van der Waals surface area (Å²) in [5, 5.41) is 8.49. The van der Waals surface area contributed by atoms with Gasteiger partial charge >= 0.3 is 0 Å². The van der Waals surface area contributed by atoms with Crippen LogP contribution in [0.15, 0.2) is 42.5 Å². The normalized spacial score (nSPS) is 10.2. The number of benzene rings is 2. The molecule has 0 saturated heterocycles. The highest BCUT2D eigenvalue weighted by Crippen LogP contribution is 2.38. The fraction of sp³-hybridized carbons (Fsp3) is 0.200. The van der Waals surface area contributed by atoms with Crippen molar-refractivity contribution in [1.29, 1.82) is 5.26 Å². The Morgan fingerprint density at radius 1 is 1.04 bits per heavy atom. The minimum atomic E-state index is -0.200. The van der Waals surface area contributed by atoms with E-state index in [2.05, 4.69) is 0 Å². The first-order valence-electron chi connectivity index (χ1n) is 7.75. The summed E-state index contributed by atoms with van der Waals surface area (Å²) in [5.41, 5.74) is 1.25. The van der Waals surface area contributed by atoms with Gasteiger partial charge in [0.05, 0.1) is 21.3 Å². The zero-order chi connectivity index (χ0) is 18.9. The molecule has 2 aromatic carbocycles. The third-order valence-electron chi connectivity index (χ3n) is 3.56. The zero-order valence-corrected chi connectivity index (χ0v) is 14.8. The molecule has 0 N–H and O–H groups in total. The first-order valence-corrected chi connectivity index (χ1v) is 7.75. The smallest absolute Gasteiger partial charge is 0.203 e. The lowest BCUT2D eigenvalue weighted by Crippen LogP contribution is -2.00. The van der Waals surface area contributed by atoms with E-state index in [1.54, 1.807) is 42.5 Å². The number of ketones is 1. The lowest BCUT2D eigenvalue weighted by Gasteiger charge is -2.13. The van der Waals surface area contributed by atoms with E-state index >= 15 is 0 Å². The summed E-state index contributed by atoms with van der Waals surface area (Å²) < 4.78 is 21.0. The molecule has 0 radical (unpaired) electrons. The third kappa shape index (κ3) is 4.54. The average molecular weight is 353 g/mol. The Morgan fingerprint density at radius 2 is 1.65 bits per heavy atom. The van der Waals surface area contributed by atoms with Crippen molar-refractivity contribution in [3.05, 3.63) is 53.6 Å². The molecule has 0 unspecified atom stereocenters. The third-order valence-corrected chi connectivity index (χ3v) is 3.56. The van der Waals surface area contributed by atoms with Crippen molar-refractivity contribution in [3.8, 4) is 29.1 Å². The van der Waals surface area contributed by atoms with Crippen molar-refractivity contribution in [1.82, 2.24) is 0 Å². The van der Waals surface area contributed by atoms with Crippen molar-refractivity contribution in [2.45, 2.75) is 0 Å². The minimum Gasteiger partial charge on any atom is -0.493 e. The minimum absolute atomic E-state index is 0.00515. The topological polar surface area (TPSA) is 77.8 Å². The number of allylic oxidation sites excluding steroid dienone is 1. The Bertz CT molecular complexity index is 809. The largest absolute Gasteiger partial charge is 0.493 e. The molecule has 6 nitrogen and oxygen atoms in total. The van der Waals surface area contributed by atoms with Gasteiger partial charge in [-0.1, -0.05) is 18.2 Å². The molecule has 134 valence electrons. The van der Waals surface area contributed by atoms with Crippen LogP contribution in [0.2, 0.25) is 0 Å². The Labute approximate surface area is 152 Å². The van der Waals surface area contributed by atoms with Gasteiger partial charge in [0, 0.05) is 5.56 Å². The van der Waals surface area contributed by atoms with Gasteiger partial charge in [0.2, 0.25) is 5.75 Å². The van der Waals surface area contributed by atoms with Gasteiger partial charge in [0.1, 0.15) is 11.8 Å². The van der Waals surface area contributed by atoms with Crippen LogP contribution in [-0.2, 0) is 0 Å². The van der Waals surface area contributed by atoms with E-state index in [-0.39, 0.29) is 12.4 Å². The highest BCUT2D eigenvalue weighted by Gasteiger charge is 2.15. The standard InChI is InChI=1S/C20H19NO5/c1-23-18-12-15(13-19(24-2)20(18)25-3)17(22)9-6-14-4-7-16(8-5-14)26-11-10-21/h4-9,12-13H,11H2,1-3H3/b9-6-. The predicted molar refractivity (Wildman–Crippen MR) is 97.0 cm³/mol. The second kappa shape index (κ2) is 9.14. The SMILES string of the molecule is COc1cc(C(=O)/C=C\c2ccc(OCC#N)cc2)cc(OC)c1OC. The van der Waals surface area contributed by atoms with Gasteiger partial charge in [-0.25, -0.2) is 0 Å². The van der Waals surface area contributed by atoms with E-state index in [4.69, 9.17) is 24.2 Å². The first kappa shape index (κ1) is 18.9. The predicted octanol–water partition coefficient (Wildman–Crippen LogP) is 3.51. The Kier molecular flexibility index (Phi) is 6.63. The van der Waals surface area contributed by atoms with E-state index in [0.29, 0.717) is 28.6 Å². The van der Waals surface area contributed by atoms with Crippen molar-refractivity contribution < 1.29 is 23.7 Å². The first-order chi connectivity index (χ1) is 12.6. The van der Waals surface area contributed by atoms with Gasteiger partial charge in [0.25, 0.3) is 0 Å². The van der Waals surface area contributed by atoms with E-state index in [1.807, 2.05) is 6.07 Å². The van der Waals surface area contributed by atoms with Gasteiger partial charge in [-0.05, 0) is 35.9 Å². The Morgan fingerprint density at radius 3 is 2.15 bits per heavy atom. The molecule has 6 heteroatoms. The molecule has 0 aromatic heterocycles. The molecule has 0 fully saturated rings. The Balaban J connectivity index is 2.19. The van der Waals surface area contributed by atoms with Crippen LogP contribution in [0.4, 0.5) is 0 Å². The number of hydrogen-bond donors (Lipinski definition) is 0. The number of hydrogen-bond acceptors (Lipinski definition) is 6. The molecule has 0 aliphatic heterocycles. The molecule has 0 atom stereocenters. The van der Waals surface area contributed by atoms with Crippen molar-refractivity contribution >= 4 is 11.9 Å². The number of methoxy groups -OCH3 is 3. The number of carbonyl (C=O) groups excluding carboxylic acids is 1. The van der Waals surface area contributed by atoms with Gasteiger partial charge < -0.3 is 18.9 Å². The van der Waals surface area contributed by atoms with E-state index < -0.39 is 0 Å². The van der Waals surface area contributed by atoms with Crippen LogP contribution in [0.5, 0.6) is 23.0 Å². The maximum absolute atomic E-state index is 12.5. The molecule has 0 saturated carbocycles. The Hall–Kier alpha value is -3.46. The number of nitrogens with zero attached hydrogens (tertiary/aromatic N) is 1. The molecule has 0 heterocycles. The van der Waals surface area contributed by atoms with Gasteiger partial charge in [0.15, 0.2) is 23.9 Å². The summed E-state index contributed by atoms with van der Waals surface area (Å²) in [6, 6.07) is 12.2. The number of carbonyl (C=O) groups is 1. The van der Waals surface area contributed by atoms with Crippen LogP contribution in [0.25, 0.3) is 6.08 Å². The molecule has 2 aromatic rings. The summed E-state index contributed by atoms with van der Waals surface area (Å²) in [5.74, 6) is 1.67. The molecule has 0 bridgehead atoms. The fourth-order valence-corrected chi connectivity index (χ4v) is 2.28. The number of ether oxygens (including phenoxy) is 4. The van der Waals surface area contributed by atoms with Crippen LogP contribution in [-0.4, -0.2) is 33.7 Å². The van der Waals surface area contributed by atoms with Crippen LogP contribution < -0.4 is 18.9 Å². The van der Waals surface area contributed by atoms with Crippen molar-refractivity contribution in [3.63, 3.8) is 0 Å². The molecule has 2 rings (SSSR count). The summed E-state index contributed by atoms with van der Waals surface area (Å²) in [4.78, 5) is 12.5. The van der Waals surface area contributed by atoms with Crippen LogP contribution in [0.3, 0.4) is 0 Å². The highest BCUT2D eigenvalue weighted by atomic mass is 16.5. The van der Waals surface area contributed by atoms with Crippen LogP contribution in [0, 0.1) is 11.3 Å². The molecule has 0 aliphatic rings. The summed E-state index contributed by atoms with van der Waals surface area (Å²) in [6.07, 6.45) is 3.16. The van der Waals surface area contributed by atoms with E-state index in [9.17, 15) is 4.79 Å². The summed E-state index contributed by atoms with van der Waals surface area (Å²) >= 11 is 0. The number of nitriles is 1. The molecule has 0 amide bonds. The van der Waals surface area contributed by atoms with Gasteiger partial charge in [-0.2, -0.15) is 5.26 Å². The van der Waals surface area contributed by atoms with Crippen molar-refractivity contribution in [2.75, 3.05) is 27.9 Å². The maximum Gasteiger partial charge on any atom is 0.203 e. The lowest BCUT2D eigenvalue weighted by atomic mass is 10.1. The second-order valence-corrected chi connectivity index (χ2v) is 5.13. The molecule has 26 heavy (non-hydrogen) atoms. The molecule has 0 aliphatic carbocycles. The molecular weight excluding hydrogens is 334 g/mol. The second-order valence-electron chi connectivity index (χ2n) is 5.13. The van der Waals surface area contributed by atoms with Gasteiger partial charge in [-0.15, -0.1) is 0 Å². The quantitative estimate of drug-likeness (QED) is 0.534. The average Bonchev–Trinajstić information content (AvgIpc) is 2.69.